The molecule has 1 aliphatic rings. The normalized spacial score (nSPS) is 16.2. The van der Waals surface area contributed by atoms with Gasteiger partial charge in [0.05, 0.1) is 11.0 Å². The maximum atomic E-state index is 13.3. The maximum Gasteiger partial charge on any atom is 0.290 e. The molecule has 1 saturated heterocycles. The van der Waals surface area contributed by atoms with Crippen molar-refractivity contribution in [2.75, 3.05) is 13.2 Å². The first-order valence-electron chi connectivity index (χ1n) is 10.4. The third kappa shape index (κ3) is 5.14. The van der Waals surface area contributed by atoms with Crippen molar-refractivity contribution in [3.05, 3.63) is 82.0 Å². The Kier molecular flexibility index (Phi) is 6.83. The van der Waals surface area contributed by atoms with Crippen LogP contribution in [0.1, 0.15) is 34.5 Å². The average Bonchev–Trinajstić information content (AvgIpc) is 3.47. The van der Waals surface area contributed by atoms with Crippen LogP contribution in [0.4, 0.5) is 0 Å². The first-order chi connectivity index (χ1) is 15.3. The van der Waals surface area contributed by atoms with E-state index in [0.29, 0.717) is 19.7 Å². The van der Waals surface area contributed by atoms with Crippen LogP contribution in [-0.4, -0.2) is 38.5 Å². The molecule has 0 saturated carbocycles. The summed E-state index contributed by atoms with van der Waals surface area (Å²) >= 11 is 3.30. The number of carbonyl (C=O) groups is 1. The Balaban J connectivity index is 1.58. The molecule has 1 amide bonds. The quantitative estimate of drug-likeness (QED) is 0.440. The minimum Gasteiger partial charge on any atom is -0.439 e. The summed E-state index contributed by atoms with van der Waals surface area (Å²) in [5, 5.41) is -0.254. The summed E-state index contributed by atoms with van der Waals surface area (Å²) in [5.41, 5.74) is 2.12. The highest BCUT2D eigenvalue weighted by atomic mass is 79.9. The Hall–Kier alpha value is -2.42. The standard InChI is InChI=1S/C24H24BrNO5S/c1-17-4-6-18(7-5-17)15-26(16-20-3-2-14-30-20)24(27)22-12-13-23(31-22)32(28,29)21-10-8-19(25)9-11-21/h4-13,20H,2-3,14-16H2,1H3. The molecule has 0 aliphatic carbocycles. The number of carbonyl (C=O) groups excluding carboxylic acids is 1. The van der Waals surface area contributed by atoms with Crippen LogP contribution in [0.3, 0.4) is 0 Å². The minimum absolute atomic E-state index is 0.00852. The van der Waals surface area contributed by atoms with Crippen molar-refractivity contribution >= 4 is 31.7 Å². The van der Waals surface area contributed by atoms with Gasteiger partial charge in [-0.3, -0.25) is 4.79 Å². The van der Waals surface area contributed by atoms with Crippen LogP contribution in [0.2, 0.25) is 0 Å². The minimum atomic E-state index is -3.86. The Bertz CT molecular complexity index is 1180. The van der Waals surface area contributed by atoms with E-state index in [1.54, 1.807) is 17.0 Å². The molecule has 6 nitrogen and oxygen atoms in total. The van der Waals surface area contributed by atoms with Crippen LogP contribution < -0.4 is 0 Å². The molecule has 2 heterocycles. The Morgan fingerprint density at radius 2 is 1.78 bits per heavy atom. The smallest absolute Gasteiger partial charge is 0.290 e. The number of furan rings is 1. The average molecular weight is 518 g/mol. The van der Waals surface area contributed by atoms with Gasteiger partial charge in [-0.1, -0.05) is 45.8 Å². The molecule has 32 heavy (non-hydrogen) atoms. The fourth-order valence-corrected chi connectivity index (χ4v) is 5.07. The van der Waals surface area contributed by atoms with E-state index in [9.17, 15) is 13.2 Å². The number of sulfone groups is 1. The number of hydrogen-bond acceptors (Lipinski definition) is 5. The molecular formula is C24H24BrNO5S. The van der Waals surface area contributed by atoms with Crippen molar-refractivity contribution in [1.82, 2.24) is 4.90 Å². The van der Waals surface area contributed by atoms with Crippen LogP contribution in [0.25, 0.3) is 0 Å². The van der Waals surface area contributed by atoms with E-state index in [1.165, 1.54) is 24.3 Å². The summed E-state index contributed by atoms with van der Waals surface area (Å²) in [7, 11) is -3.86. The monoisotopic (exact) mass is 517 g/mol. The van der Waals surface area contributed by atoms with Gasteiger partial charge < -0.3 is 14.1 Å². The van der Waals surface area contributed by atoms with Gasteiger partial charge >= 0.3 is 0 Å². The van der Waals surface area contributed by atoms with Gasteiger partial charge in [-0.2, -0.15) is 0 Å². The highest BCUT2D eigenvalue weighted by Crippen LogP contribution is 2.26. The van der Waals surface area contributed by atoms with E-state index < -0.39 is 9.84 Å². The zero-order chi connectivity index (χ0) is 22.7. The molecule has 2 aromatic carbocycles. The molecule has 1 fully saturated rings. The van der Waals surface area contributed by atoms with E-state index in [-0.39, 0.29) is 27.8 Å². The van der Waals surface area contributed by atoms with Gasteiger partial charge in [0, 0.05) is 24.2 Å². The zero-order valence-corrected chi connectivity index (χ0v) is 20.1. The molecule has 168 valence electrons. The number of halogens is 1. The summed E-state index contributed by atoms with van der Waals surface area (Å²) in [6, 6.07) is 17.0. The summed E-state index contributed by atoms with van der Waals surface area (Å²) in [6.07, 6.45) is 1.82. The van der Waals surface area contributed by atoms with Gasteiger partial charge in [0.2, 0.25) is 14.9 Å². The van der Waals surface area contributed by atoms with Crippen molar-refractivity contribution in [2.45, 2.75) is 42.4 Å². The number of ether oxygens (including phenoxy) is 1. The molecule has 0 spiro atoms. The predicted molar refractivity (Wildman–Crippen MR) is 123 cm³/mol. The third-order valence-corrected chi connectivity index (χ3v) is 7.58. The van der Waals surface area contributed by atoms with Crippen LogP contribution >= 0.6 is 15.9 Å². The highest BCUT2D eigenvalue weighted by molar-refractivity contribution is 9.10. The lowest BCUT2D eigenvalue weighted by Gasteiger charge is -2.25. The van der Waals surface area contributed by atoms with Gasteiger partial charge in [-0.05, 0) is 61.7 Å². The molecule has 1 aromatic heterocycles. The Labute approximate surface area is 196 Å². The van der Waals surface area contributed by atoms with Crippen LogP contribution in [0.5, 0.6) is 0 Å². The van der Waals surface area contributed by atoms with E-state index in [4.69, 9.17) is 9.15 Å². The number of hydrogen-bond donors (Lipinski definition) is 0. The highest BCUT2D eigenvalue weighted by Gasteiger charge is 2.28. The molecule has 3 aromatic rings. The Morgan fingerprint density at radius 3 is 2.44 bits per heavy atom. The zero-order valence-electron chi connectivity index (χ0n) is 17.7. The van der Waals surface area contributed by atoms with Crippen LogP contribution in [0.15, 0.2) is 79.5 Å². The summed E-state index contributed by atoms with van der Waals surface area (Å²) in [5.74, 6) is -0.371. The van der Waals surface area contributed by atoms with E-state index in [0.717, 1.165) is 28.4 Å². The molecule has 0 N–H and O–H groups in total. The predicted octanol–water partition coefficient (Wildman–Crippen LogP) is 5.00. The second kappa shape index (κ2) is 9.60. The molecule has 0 radical (unpaired) electrons. The molecule has 1 aliphatic heterocycles. The SMILES string of the molecule is Cc1ccc(CN(CC2CCCO2)C(=O)c2ccc(S(=O)(=O)c3ccc(Br)cc3)o2)cc1. The lowest BCUT2D eigenvalue weighted by Crippen LogP contribution is -2.36. The van der Waals surface area contributed by atoms with Crippen molar-refractivity contribution in [3.63, 3.8) is 0 Å². The molecule has 8 heteroatoms. The van der Waals surface area contributed by atoms with Gasteiger partial charge in [-0.15, -0.1) is 0 Å². The molecule has 4 rings (SSSR count). The van der Waals surface area contributed by atoms with Gasteiger partial charge in [0.1, 0.15) is 0 Å². The maximum absolute atomic E-state index is 13.3. The molecule has 0 bridgehead atoms. The van der Waals surface area contributed by atoms with Gasteiger partial charge in [0.15, 0.2) is 5.76 Å². The van der Waals surface area contributed by atoms with Crippen molar-refractivity contribution in [1.29, 1.82) is 0 Å². The van der Waals surface area contributed by atoms with Gasteiger partial charge in [0.25, 0.3) is 5.91 Å². The molecular weight excluding hydrogens is 494 g/mol. The largest absolute Gasteiger partial charge is 0.439 e. The summed E-state index contributed by atoms with van der Waals surface area (Å²) in [4.78, 5) is 15.1. The first kappa shape index (κ1) is 22.8. The first-order valence-corrected chi connectivity index (χ1v) is 12.7. The molecule has 1 unspecified atom stereocenters. The third-order valence-electron chi connectivity index (χ3n) is 5.41. The number of amides is 1. The molecule has 1 atom stereocenters. The number of nitrogens with zero attached hydrogens (tertiary/aromatic N) is 1. The second-order valence-electron chi connectivity index (χ2n) is 7.88. The fraction of sp³-hybridized carbons (Fsp3) is 0.292. The second-order valence-corrected chi connectivity index (χ2v) is 10.7. The van der Waals surface area contributed by atoms with Crippen molar-refractivity contribution in [3.8, 4) is 0 Å². The summed E-state index contributed by atoms with van der Waals surface area (Å²) < 4.78 is 37.9. The van der Waals surface area contributed by atoms with E-state index >= 15 is 0 Å². The fourth-order valence-electron chi connectivity index (χ4n) is 3.63. The van der Waals surface area contributed by atoms with E-state index in [1.807, 2.05) is 31.2 Å². The number of benzene rings is 2. The van der Waals surface area contributed by atoms with E-state index in [2.05, 4.69) is 15.9 Å². The number of rotatable bonds is 7. The van der Waals surface area contributed by atoms with Crippen molar-refractivity contribution < 1.29 is 22.4 Å². The summed E-state index contributed by atoms with van der Waals surface area (Å²) in [6.45, 7) is 3.50. The van der Waals surface area contributed by atoms with Crippen LogP contribution in [-0.2, 0) is 21.1 Å². The lowest BCUT2D eigenvalue weighted by molar-refractivity contribution is 0.0480. The van der Waals surface area contributed by atoms with Crippen molar-refractivity contribution in [2.24, 2.45) is 0 Å². The Morgan fingerprint density at radius 1 is 1.06 bits per heavy atom. The van der Waals surface area contributed by atoms with Gasteiger partial charge in [-0.25, -0.2) is 8.42 Å². The lowest BCUT2D eigenvalue weighted by atomic mass is 10.1. The van der Waals surface area contributed by atoms with Crippen LogP contribution in [0, 0.1) is 6.92 Å². The number of aryl methyl sites for hydroxylation is 1. The topological polar surface area (TPSA) is 76.8 Å².